The number of methoxy groups -OCH3 is 1. The van der Waals surface area contributed by atoms with Gasteiger partial charge in [-0.3, -0.25) is 0 Å². The first-order valence-electron chi connectivity index (χ1n) is 8.20. The Balaban J connectivity index is 2.13. The van der Waals surface area contributed by atoms with E-state index in [0.29, 0.717) is 6.42 Å². The zero-order chi connectivity index (χ0) is 16.9. The van der Waals surface area contributed by atoms with Gasteiger partial charge in [-0.2, -0.15) is 0 Å². The Morgan fingerprint density at radius 3 is 2.21 bits per heavy atom. The van der Waals surface area contributed by atoms with E-state index < -0.39 is 0 Å². The molecule has 1 aliphatic heterocycles. The molecule has 1 atom stereocenters. The zero-order valence-electron chi connectivity index (χ0n) is 14.1. The van der Waals surface area contributed by atoms with Crippen molar-refractivity contribution in [2.24, 2.45) is 0 Å². The van der Waals surface area contributed by atoms with E-state index in [9.17, 15) is 5.11 Å². The molecule has 0 saturated heterocycles. The number of hydrogen-bond acceptors (Lipinski definition) is 3. The summed E-state index contributed by atoms with van der Waals surface area (Å²) >= 11 is 0. The fraction of sp³-hybridized carbons (Fsp3) is 0.238. The predicted octanol–water partition coefficient (Wildman–Crippen LogP) is 4.22. The fourth-order valence-electron chi connectivity index (χ4n) is 3.22. The Morgan fingerprint density at radius 2 is 1.62 bits per heavy atom. The number of allylic oxidation sites excluding steroid dienone is 1. The van der Waals surface area contributed by atoms with Crippen LogP contribution in [0.1, 0.15) is 18.9 Å². The molecule has 3 rings (SSSR count). The molecule has 0 aromatic heterocycles. The minimum Gasteiger partial charge on any atom is -0.396 e. The average Bonchev–Trinajstić information content (AvgIpc) is 2.64. The number of ether oxygens (including phenoxy) is 1. The summed E-state index contributed by atoms with van der Waals surface area (Å²) in [5.74, 6) is 0. The molecule has 2 aromatic rings. The SMILES string of the molecule is COC1C(c2ccccc2)=C(C)C(CCO)=CN1c1ccccc1. The number of benzene rings is 2. The summed E-state index contributed by atoms with van der Waals surface area (Å²) in [6.45, 7) is 2.24. The smallest absolute Gasteiger partial charge is 0.160 e. The van der Waals surface area contributed by atoms with Gasteiger partial charge in [-0.25, -0.2) is 0 Å². The Labute approximate surface area is 143 Å². The van der Waals surface area contributed by atoms with Crippen molar-refractivity contribution >= 4 is 11.3 Å². The molecule has 0 fully saturated rings. The van der Waals surface area contributed by atoms with Crippen molar-refractivity contribution in [3.8, 4) is 0 Å². The number of para-hydroxylation sites is 1. The molecule has 2 aromatic carbocycles. The average molecular weight is 321 g/mol. The number of anilines is 1. The van der Waals surface area contributed by atoms with Crippen molar-refractivity contribution in [1.82, 2.24) is 0 Å². The largest absolute Gasteiger partial charge is 0.396 e. The number of rotatable bonds is 5. The third kappa shape index (κ3) is 3.14. The molecule has 0 radical (unpaired) electrons. The lowest BCUT2D eigenvalue weighted by Crippen LogP contribution is -2.37. The van der Waals surface area contributed by atoms with Gasteiger partial charge in [0.1, 0.15) is 0 Å². The van der Waals surface area contributed by atoms with E-state index >= 15 is 0 Å². The number of hydrogen-bond donors (Lipinski definition) is 1. The Morgan fingerprint density at radius 1 is 1.00 bits per heavy atom. The van der Waals surface area contributed by atoms with Crippen LogP contribution in [0.4, 0.5) is 5.69 Å². The third-order valence-corrected chi connectivity index (χ3v) is 4.42. The molecular formula is C21H23NO2. The highest BCUT2D eigenvalue weighted by Crippen LogP contribution is 2.37. The summed E-state index contributed by atoms with van der Waals surface area (Å²) in [5, 5.41) is 9.46. The summed E-state index contributed by atoms with van der Waals surface area (Å²) in [5.41, 5.74) is 5.67. The molecule has 0 bridgehead atoms. The quantitative estimate of drug-likeness (QED) is 0.895. The van der Waals surface area contributed by atoms with Gasteiger partial charge in [-0.1, -0.05) is 48.5 Å². The van der Waals surface area contributed by atoms with E-state index in [1.807, 2.05) is 36.4 Å². The minimum atomic E-state index is -0.197. The van der Waals surface area contributed by atoms with E-state index in [2.05, 4.69) is 42.3 Å². The van der Waals surface area contributed by atoms with Crippen molar-refractivity contribution in [2.75, 3.05) is 18.6 Å². The molecule has 24 heavy (non-hydrogen) atoms. The topological polar surface area (TPSA) is 32.7 Å². The first-order chi connectivity index (χ1) is 11.8. The van der Waals surface area contributed by atoms with Gasteiger partial charge in [-0.05, 0) is 42.2 Å². The van der Waals surface area contributed by atoms with Crippen LogP contribution in [0.3, 0.4) is 0 Å². The molecule has 0 aliphatic carbocycles. The summed E-state index contributed by atoms with van der Waals surface area (Å²) in [6, 6.07) is 20.5. The highest BCUT2D eigenvalue weighted by molar-refractivity contribution is 5.80. The zero-order valence-corrected chi connectivity index (χ0v) is 14.1. The molecule has 1 heterocycles. The van der Waals surface area contributed by atoms with Gasteiger partial charge in [0.15, 0.2) is 6.23 Å². The van der Waals surface area contributed by atoms with E-state index in [1.54, 1.807) is 7.11 Å². The van der Waals surface area contributed by atoms with Crippen LogP contribution < -0.4 is 4.90 Å². The predicted molar refractivity (Wildman–Crippen MR) is 98.5 cm³/mol. The Kier molecular flexibility index (Phi) is 5.14. The van der Waals surface area contributed by atoms with Crippen molar-refractivity contribution in [3.63, 3.8) is 0 Å². The lowest BCUT2D eigenvalue weighted by molar-refractivity contribution is 0.150. The molecule has 3 heteroatoms. The van der Waals surface area contributed by atoms with E-state index in [-0.39, 0.29) is 12.8 Å². The van der Waals surface area contributed by atoms with E-state index in [0.717, 1.165) is 22.4 Å². The van der Waals surface area contributed by atoms with Crippen molar-refractivity contribution in [2.45, 2.75) is 19.6 Å². The van der Waals surface area contributed by atoms with Gasteiger partial charge >= 0.3 is 0 Å². The monoisotopic (exact) mass is 321 g/mol. The lowest BCUT2D eigenvalue weighted by Gasteiger charge is -2.37. The third-order valence-electron chi connectivity index (χ3n) is 4.42. The number of aliphatic hydroxyl groups is 1. The second-order valence-electron chi connectivity index (χ2n) is 5.86. The maximum atomic E-state index is 9.46. The van der Waals surface area contributed by atoms with Gasteiger partial charge in [0.05, 0.1) is 0 Å². The standard InChI is InChI=1S/C21H23NO2/c1-16-18(13-14-23)15-22(19-11-7-4-8-12-19)21(24-2)20(16)17-9-5-3-6-10-17/h3-12,15,21,23H,13-14H2,1-2H3. The highest BCUT2D eigenvalue weighted by atomic mass is 16.5. The van der Waals surface area contributed by atoms with Crippen LogP contribution in [0.2, 0.25) is 0 Å². The van der Waals surface area contributed by atoms with Crippen LogP contribution in [-0.4, -0.2) is 25.1 Å². The van der Waals surface area contributed by atoms with Crippen LogP contribution >= 0.6 is 0 Å². The van der Waals surface area contributed by atoms with E-state index in [1.165, 1.54) is 5.57 Å². The molecule has 3 nitrogen and oxygen atoms in total. The molecule has 124 valence electrons. The van der Waals surface area contributed by atoms with Crippen molar-refractivity contribution in [3.05, 3.63) is 83.6 Å². The van der Waals surface area contributed by atoms with Gasteiger partial charge in [-0.15, -0.1) is 0 Å². The van der Waals surface area contributed by atoms with Crippen LogP contribution in [0.5, 0.6) is 0 Å². The molecule has 0 spiro atoms. The van der Waals surface area contributed by atoms with Gasteiger partial charge in [0.2, 0.25) is 0 Å². The van der Waals surface area contributed by atoms with Crippen molar-refractivity contribution < 1.29 is 9.84 Å². The number of aliphatic hydroxyl groups excluding tert-OH is 1. The Bertz CT molecular complexity index is 735. The molecule has 1 aliphatic rings. The van der Waals surface area contributed by atoms with Gasteiger partial charge in [0, 0.05) is 31.2 Å². The summed E-state index contributed by atoms with van der Waals surface area (Å²) in [4.78, 5) is 2.14. The Hall–Kier alpha value is -2.36. The molecular weight excluding hydrogens is 298 g/mol. The van der Waals surface area contributed by atoms with Gasteiger partial charge in [0.25, 0.3) is 0 Å². The molecule has 0 amide bonds. The van der Waals surface area contributed by atoms with Crippen LogP contribution in [-0.2, 0) is 4.74 Å². The maximum absolute atomic E-state index is 9.46. The first-order valence-corrected chi connectivity index (χ1v) is 8.20. The second-order valence-corrected chi connectivity index (χ2v) is 5.86. The maximum Gasteiger partial charge on any atom is 0.160 e. The lowest BCUT2D eigenvalue weighted by atomic mass is 9.90. The summed E-state index contributed by atoms with van der Waals surface area (Å²) in [7, 11) is 1.74. The van der Waals surface area contributed by atoms with Crippen LogP contribution in [0.25, 0.3) is 5.57 Å². The minimum absolute atomic E-state index is 0.130. The first kappa shape index (κ1) is 16.5. The van der Waals surface area contributed by atoms with Gasteiger partial charge < -0.3 is 14.7 Å². The number of nitrogens with zero attached hydrogens (tertiary/aromatic N) is 1. The molecule has 1 unspecified atom stereocenters. The summed E-state index contributed by atoms with van der Waals surface area (Å²) in [6.07, 6.45) is 2.53. The normalized spacial score (nSPS) is 17.9. The van der Waals surface area contributed by atoms with E-state index in [4.69, 9.17) is 4.74 Å². The van der Waals surface area contributed by atoms with Crippen LogP contribution in [0.15, 0.2) is 78.0 Å². The fourth-order valence-corrected chi connectivity index (χ4v) is 3.22. The molecule has 0 saturated carbocycles. The second kappa shape index (κ2) is 7.47. The van der Waals surface area contributed by atoms with Crippen molar-refractivity contribution in [1.29, 1.82) is 0 Å². The summed E-state index contributed by atoms with van der Waals surface area (Å²) < 4.78 is 5.88. The molecule has 1 N–H and O–H groups in total. The van der Waals surface area contributed by atoms with Crippen LogP contribution in [0, 0.1) is 0 Å². The highest BCUT2D eigenvalue weighted by Gasteiger charge is 2.29.